The lowest BCUT2D eigenvalue weighted by atomic mass is 10.1. The molecule has 0 amide bonds. The highest BCUT2D eigenvalue weighted by molar-refractivity contribution is 4.94. The molecule has 0 aromatic carbocycles. The lowest BCUT2D eigenvalue weighted by Crippen LogP contribution is -2.31. The Morgan fingerprint density at radius 2 is 2.39 bits per heavy atom. The summed E-state index contributed by atoms with van der Waals surface area (Å²) >= 11 is 0. The van der Waals surface area contributed by atoms with Crippen molar-refractivity contribution in [2.45, 2.75) is 51.6 Å². The van der Waals surface area contributed by atoms with Gasteiger partial charge in [-0.05, 0) is 39.9 Å². The van der Waals surface area contributed by atoms with Gasteiger partial charge in [-0.15, -0.1) is 0 Å². The first-order valence-electron chi connectivity index (χ1n) is 6.95. The summed E-state index contributed by atoms with van der Waals surface area (Å²) in [5.41, 5.74) is 0. The quantitative estimate of drug-likeness (QED) is 0.825. The van der Waals surface area contributed by atoms with Crippen LogP contribution in [0.1, 0.15) is 38.4 Å². The van der Waals surface area contributed by atoms with Crippen molar-refractivity contribution < 1.29 is 4.52 Å². The highest BCUT2D eigenvalue weighted by Crippen LogP contribution is 2.19. The lowest BCUT2D eigenvalue weighted by Gasteiger charge is -2.20. The maximum Gasteiger partial charge on any atom is 0.228 e. The fraction of sp³-hybridized carbons (Fsp3) is 0.846. The van der Waals surface area contributed by atoms with Crippen molar-refractivity contribution in [2.24, 2.45) is 0 Å². The van der Waals surface area contributed by atoms with Crippen LogP contribution in [0.3, 0.4) is 0 Å². The predicted molar refractivity (Wildman–Crippen MR) is 70.5 cm³/mol. The second-order valence-electron chi connectivity index (χ2n) is 5.13. The van der Waals surface area contributed by atoms with E-state index < -0.39 is 0 Å². The van der Waals surface area contributed by atoms with E-state index in [1.807, 2.05) is 7.05 Å². The molecule has 0 bridgehead atoms. The number of nitrogens with zero attached hydrogens (tertiary/aromatic N) is 3. The molecule has 5 nitrogen and oxygen atoms in total. The molecule has 2 atom stereocenters. The Bertz CT molecular complexity index is 366. The minimum absolute atomic E-state index is 0.372. The number of aromatic nitrogens is 2. The summed E-state index contributed by atoms with van der Waals surface area (Å²) in [7, 11) is 1.94. The van der Waals surface area contributed by atoms with Gasteiger partial charge in [0.15, 0.2) is 5.82 Å². The van der Waals surface area contributed by atoms with Gasteiger partial charge in [0.05, 0.1) is 0 Å². The Morgan fingerprint density at radius 3 is 3.11 bits per heavy atom. The Labute approximate surface area is 109 Å². The molecule has 1 saturated heterocycles. The van der Waals surface area contributed by atoms with Crippen molar-refractivity contribution in [1.29, 1.82) is 0 Å². The van der Waals surface area contributed by atoms with Crippen LogP contribution in [-0.2, 0) is 12.8 Å². The van der Waals surface area contributed by atoms with Crippen LogP contribution >= 0.6 is 0 Å². The third kappa shape index (κ3) is 3.29. The molecular weight excluding hydrogens is 228 g/mol. The van der Waals surface area contributed by atoms with Crippen LogP contribution in [0.4, 0.5) is 0 Å². The van der Waals surface area contributed by atoms with Crippen LogP contribution < -0.4 is 5.32 Å². The first kappa shape index (κ1) is 13.5. The summed E-state index contributed by atoms with van der Waals surface area (Å²) in [5, 5.41) is 7.27. The fourth-order valence-corrected chi connectivity index (χ4v) is 2.57. The summed E-state index contributed by atoms with van der Waals surface area (Å²) in [5.74, 6) is 1.60. The molecule has 2 unspecified atom stereocenters. The average Bonchev–Trinajstić information content (AvgIpc) is 2.99. The van der Waals surface area contributed by atoms with Gasteiger partial charge >= 0.3 is 0 Å². The summed E-state index contributed by atoms with van der Waals surface area (Å²) in [6.45, 7) is 6.66. The molecule has 2 heterocycles. The Balaban J connectivity index is 1.90. The zero-order chi connectivity index (χ0) is 13.0. The van der Waals surface area contributed by atoms with E-state index in [2.05, 4.69) is 34.2 Å². The first-order valence-corrected chi connectivity index (χ1v) is 6.95. The molecule has 102 valence electrons. The van der Waals surface area contributed by atoms with Gasteiger partial charge < -0.3 is 14.7 Å². The highest BCUT2D eigenvalue weighted by atomic mass is 16.5. The van der Waals surface area contributed by atoms with Gasteiger partial charge in [-0.2, -0.15) is 4.98 Å². The monoisotopic (exact) mass is 252 g/mol. The molecule has 5 heteroatoms. The second kappa shape index (κ2) is 6.29. The summed E-state index contributed by atoms with van der Waals surface area (Å²) in [6, 6.07) is 0.971. The van der Waals surface area contributed by atoms with Crippen LogP contribution in [0.2, 0.25) is 0 Å². The molecule has 1 N–H and O–H groups in total. The van der Waals surface area contributed by atoms with Crippen molar-refractivity contribution in [3.63, 3.8) is 0 Å². The zero-order valence-electron chi connectivity index (χ0n) is 11.6. The first-order chi connectivity index (χ1) is 8.72. The third-order valence-corrected chi connectivity index (χ3v) is 3.81. The normalized spacial score (nSPS) is 22.5. The van der Waals surface area contributed by atoms with Crippen molar-refractivity contribution in [3.05, 3.63) is 11.7 Å². The average molecular weight is 252 g/mol. The Hall–Kier alpha value is -0.940. The number of nitrogens with one attached hydrogen (secondary N) is 1. The molecular formula is C13H24N4O. The van der Waals surface area contributed by atoms with Gasteiger partial charge in [-0.3, -0.25) is 0 Å². The molecule has 18 heavy (non-hydrogen) atoms. The van der Waals surface area contributed by atoms with Gasteiger partial charge in [-0.1, -0.05) is 12.1 Å². The molecule has 2 rings (SSSR count). The maximum absolute atomic E-state index is 5.30. The molecule has 1 aromatic heterocycles. The van der Waals surface area contributed by atoms with E-state index in [0.717, 1.165) is 31.1 Å². The van der Waals surface area contributed by atoms with Gasteiger partial charge in [-0.25, -0.2) is 0 Å². The van der Waals surface area contributed by atoms with Crippen molar-refractivity contribution in [1.82, 2.24) is 20.4 Å². The Morgan fingerprint density at radius 1 is 1.56 bits per heavy atom. The molecule has 1 fully saturated rings. The topological polar surface area (TPSA) is 54.2 Å². The smallest absolute Gasteiger partial charge is 0.228 e. The number of hydrogen-bond donors (Lipinski definition) is 1. The number of hydrogen-bond acceptors (Lipinski definition) is 5. The SMILES string of the molecule is CCN1CCCC1Cc1noc(CC(C)NC)n1. The molecule has 1 aliphatic heterocycles. The number of rotatable bonds is 6. The van der Waals surface area contributed by atoms with Crippen molar-refractivity contribution in [2.75, 3.05) is 20.1 Å². The largest absolute Gasteiger partial charge is 0.339 e. The van der Waals surface area contributed by atoms with Crippen LogP contribution in [0.5, 0.6) is 0 Å². The molecule has 0 radical (unpaired) electrons. The summed E-state index contributed by atoms with van der Waals surface area (Å²) in [4.78, 5) is 6.99. The molecule has 0 aliphatic carbocycles. The van der Waals surface area contributed by atoms with E-state index in [1.165, 1.54) is 19.4 Å². The van der Waals surface area contributed by atoms with Crippen LogP contribution in [0.15, 0.2) is 4.52 Å². The Kier molecular flexibility index (Phi) is 4.72. The predicted octanol–water partition coefficient (Wildman–Crippen LogP) is 1.25. The molecule has 1 aromatic rings. The van der Waals surface area contributed by atoms with E-state index in [9.17, 15) is 0 Å². The third-order valence-electron chi connectivity index (χ3n) is 3.81. The van der Waals surface area contributed by atoms with Gasteiger partial charge in [0.1, 0.15) is 0 Å². The lowest BCUT2D eigenvalue weighted by molar-refractivity contribution is 0.261. The highest BCUT2D eigenvalue weighted by Gasteiger charge is 2.25. The number of likely N-dealkylation sites (N-methyl/N-ethyl adjacent to an activating group) is 2. The maximum atomic E-state index is 5.30. The van der Waals surface area contributed by atoms with Crippen LogP contribution in [0.25, 0.3) is 0 Å². The van der Waals surface area contributed by atoms with Crippen molar-refractivity contribution in [3.8, 4) is 0 Å². The molecule has 1 aliphatic rings. The van der Waals surface area contributed by atoms with E-state index in [0.29, 0.717) is 12.1 Å². The van der Waals surface area contributed by atoms with Gasteiger partial charge in [0, 0.05) is 24.9 Å². The van der Waals surface area contributed by atoms with Gasteiger partial charge in [0.2, 0.25) is 5.89 Å². The fourth-order valence-electron chi connectivity index (χ4n) is 2.57. The van der Waals surface area contributed by atoms with E-state index in [-0.39, 0.29) is 0 Å². The minimum Gasteiger partial charge on any atom is -0.339 e. The van der Waals surface area contributed by atoms with Crippen LogP contribution in [-0.4, -0.2) is 47.3 Å². The van der Waals surface area contributed by atoms with Gasteiger partial charge in [0.25, 0.3) is 0 Å². The summed E-state index contributed by atoms with van der Waals surface area (Å²) in [6.07, 6.45) is 4.27. The standard InChI is InChI=1S/C13H24N4O/c1-4-17-7-5-6-11(17)9-12-15-13(18-16-12)8-10(2)14-3/h10-11,14H,4-9H2,1-3H3. The van der Waals surface area contributed by atoms with E-state index >= 15 is 0 Å². The van der Waals surface area contributed by atoms with E-state index in [1.54, 1.807) is 0 Å². The second-order valence-corrected chi connectivity index (χ2v) is 5.13. The molecule has 0 spiro atoms. The summed E-state index contributed by atoms with van der Waals surface area (Å²) < 4.78 is 5.30. The number of likely N-dealkylation sites (tertiary alicyclic amines) is 1. The van der Waals surface area contributed by atoms with Crippen LogP contribution in [0, 0.1) is 0 Å². The van der Waals surface area contributed by atoms with E-state index in [4.69, 9.17) is 4.52 Å². The zero-order valence-corrected chi connectivity index (χ0v) is 11.6. The molecule has 0 saturated carbocycles. The minimum atomic E-state index is 0.372. The van der Waals surface area contributed by atoms with Crippen molar-refractivity contribution >= 4 is 0 Å².